The highest BCUT2D eigenvalue weighted by molar-refractivity contribution is 7.89. The Bertz CT molecular complexity index is 1360. The zero-order chi connectivity index (χ0) is 23.8. The van der Waals surface area contributed by atoms with E-state index in [0.717, 1.165) is 0 Å². The van der Waals surface area contributed by atoms with Crippen molar-refractivity contribution >= 4 is 44.6 Å². The van der Waals surface area contributed by atoms with E-state index in [1.807, 2.05) is 0 Å². The molecule has 0 aliphatic carbocycles. The molecule has 33 heavy (non-hydrogen) atoms. The molecule has 1 amide bonds. The highest BCUT2D eigenvalue weighted by atomic mass is 35.5. The van der Waals surface area contributed by atoms with Crippen LogP contribution in [0.1, 0.15) is 9.67 Å². The molecule has 8 nitrogen and oxygen atoms in total. The number of sulfonamides is 1. The zero-order valence-electron chi connectivity index (χ0n) is 17.2. The van der Waals surface area contributed by atoms with Crippen LogP contribution in [0, 0.1) is 5.82 Å². The van der Waals surface area contributed by atoms with Crippen molar-refractivity contribution in [2.45, 2.75) is 4.90 Å². The van der Waals surface area contributed by atoms with E-state index in [2.05, 4.69) is 10.7 Å². The summed E-state index contributed by atoms with van der Waals surface area (Å²) in [6.45, 7) is 0.191. The van der Waals surface area contributed by atoms with Crippen LogP contribution in [-0.2, 0) is 10.0 Å². The maximum Gasteiger partial charge on any atom is 0.261 e. The predicted octanol–water partition coefficient (Wildman–Crippen LogP) is 3.30. The number of rotatable bonds is 6. The molecule has 0 unspecified atom stereocenters. The van der Waals surface area contributed by atoms with Gasteiger partial charge in [0.15, 0.2) is 0 Å². The highest BCUT2D eigenvalue weighted by Gasteiger charge is 2.23. The van der Waals surface area contributed by atoms with Gasteiger partial charge in [0.1, 0.15) is 5.82 Å². The van der Waals surface area contributed by atoms with Gasteiger partial charge in [-0.1, -0.05) is 35.9 Å². The summed E-state index contributed by atoms with van der Waals surface area (Å²) in [5, 5.41) is 11.2. The lowest BCUT2D eigenvalue weighted by Gasteiger charge is -2.25. The molecule has 4 N–H and O–H groups in total. The SMILES string of the molecule is CN1NC(CNC(=O)c2ccc(Cl)s2)=CN1c1ccc(-c2ccccc2S(N)(=O)=O)cc1F. The minimum atomic E-state index is -3.97. The lowest BCUT2D eigenvalue weighted by Crippen LogP contribution is -2.40. The van der Waals surface area contributed by atoms with Crippen LogP contribution < -0.4 is 20.9 Å². The van der Waals surface area contributed by atoms with Crippen LogP contribution in [0.5, 0.6) is 0 Å². The Morgan fingerprint density at radius 3 is 2.64 bits per heavy atom. The maximum absolute atomic E-state index is 15.1. The number of anilines is 1. The van der Waals surface area contributed by atoms with Crippen molar-refractivity contribution in [3.05, 3.63) is 81.5 Å². The molecule has 0 bridgehead atoms. The van der Waals surface area contributed by atoms with Crippen molar-refractivity contribution in [1.29, 1.82) is 0 Å². The Morgan fingerprint density at radius 2 is 1.97 bits per heavy atom. The fraction of sp³-hybridized carbons (Fsp3) is 0.0952. The Morgan fingerprint density at radius 1 is 1.21 bits per heavy atom. The van der Waals surface area contributed by atoms with E-state index in [9.17, 15) is 13.2 Å². The molecule has 0 spiro atoms. The minimum Gasteiger partial charge on any atom is -0.346 e. The molecule has 1 aromatic heterocycles. The number of benzene rings is 2. The van der Waals surface area contributed by atoms with Gasteiger partial charge in [-0.15, -0.1) is 16.5 Å². The van der Waals surface area contributed by atoms with Gasteiger partial charge in [-0.25, -0.2) is 17.9 Å². The number of carbonyl (C=O) groups excluding carboxylic acids is 1. The fourth-order valence-electron chi connectivity index (χ4n) is 3.35. The van der Waals surface area contributed by atoms with Gasteiger partial charge in [-0.05, 0) is 35.9 Å². The van der Waals surface area contributed by atoms with Crippen LogP contribution in [0.4, 0.5) is 10.1 Å². The Balaban J connectivity index is 1.54. The number of nitrogens with one attached hydrogen (secondary N) is 2. The average Bonchev–Trinajstić information content (AvgIpc) is 3.37. The summed E-state index contributed by atoms with van der Waals surface area (Å²) in [7, 11) is -2.28. The number of hydrazine groups is 2. The van der Waals surface area contributed by atoms with E-state index in [1.165, 1.54) is 34.5 Å². The third-order valence-corrected chi connectivity index (χ3v) is 7.04. The van der Waals surface area contributed by atoms with Gasteiger partial charge >= 0.3 is 0 Å². The van der Waals surface area contributed by atoms with Gasteiger partial charge in [-0.2, -0.15) is 0 Å². The summed E-state index contributed by atoms with van der Waals surface area (Å²) in [4.78, 5) is 12.6. The molecule has 0 saturated heterocycles. The first-order valence-electron chi connectivity index (χ1n) is 9.59. The molecule has 12 heteroatoms. The van der Waals surface area contributed by atoms with E-state index >= 15 is 4.39 Å². The molecule has 1 aliphatic heterocycles. The second kappa shape index (κ2) is 9.12. The van der Waals surface area contributed by atoms with Crippen LogP contribution in [0.3, 0.4) is 0 Å². The van der Waals surface area contributed by atoms with Crippen LogP contribution in [0.15, 0.2) is 71.4 Å². The summed E-state index contributed by atoms with van der Waals surface area (Å²) in [5.41, 5.74) is 4.59. The standard InChI is InChI=1S/C21H19ClFN5O3S2/c1-27-26-14(11-25-21(29)18-8-9-20(22)32-18)12-28(27)17-7-6-13(10-16(17)23)15-4-2-3-5-19(15)33(24,30)31/h2-10,12,26H,11H2,1H3,(H,25,29)(H2,24,30,31). The van der Waals surface area contributed by atoms with Gasteiger partial charge in [0, 0.05) is 18.8 Å². The maximum atomic E-state index is 15.1. The van der Waals surface area contributed by atoms with Gasteiger partial charge in [0.05, 0.1) is 32.0 Å². The number of amides is 1. The van der Waals surface area contributed by atoms with E-state index in [4.69, 9.17) is 16.7 Å². The number of hydrogen-bond donors (Lipinski definition) is 3. The lowest BCUT2D eigenvalue weighted by molar-refractivity contribution is 0.0959. The first-order valence-corrected chi connectivity index (χ1v) is 12.3. The summed E-state index contributed by atoms with van der Waals surface area (Å²) in [6, 6.07) is 13.8. The molecule has 0 atom stereocenters. The second-order valence-corrected chi connectivity index (χ2v) is 10.4. The van der Waals surface area contributed by atoms with Crippen molar-refractivity contribution in [2.75, 3.05) is 18.6 Å². The molecule has 2 aromatic carbocycles. The summed E-state index contributed by atoms with van der Waals surface area (Å²) in [6.07, 6.45) is 1.65. The molecule has 4 rings (SSSR count). The van der Waals surface area contributed by atoms with Crippen molar-refractivity contribution in [2.24, 2.45) is 5.14 Å². The molecule has 2 heterocycles. The van der Waals surface area contributed by atoms with Gasteiger partial charge < -0.3 is 10.7 Å². The Labute approximate surface area is 199 Å². The molecular formula is C21H19ClFN5O3S2. The summed E-state index contributed by atoms with van der Waals surface area (Å²) >= 11 is 7.04. The van der Waals surface area contributed by atoms with Crippen molar-refractivity contribution in [3.63, 3.8) is 0 Å². The van der Waals surface area contributed by atoms with Gasteiger partial charge in [0.2, 0.25) is 10.0 Å². The van der Waals surface area contributed by atoms with Crippen molar-refractivity contribution in [1.82, 2.24) is 15.9 Å². The molecule has 0 radical (unpaired) electrons. The second-order valence-electron chi connectivity index (χ2n) is 7.13. The van der Waals surface area contributed by atoms with Crippen molar-refractivity contribution < 1.29 is 17.6 Å². The third-order valence-electron chi connectivity index (χ3n) is 4.84. The van der Waals surface area contributed by atoms with E-state index in [0.29, 0.717) is 26.0 Å². The molecular weight excluding hydrogens is 489 g/mol. The first kappa shape index (κ1) is 23.2. The number of nitrogens with zero attached hydrogens (tertiary/aromatic N) is 2. The number of carbonyl (C=O) groups is 1. The van der Waals surface area contributed by atoms with Crippen molar-refractivity contribution in [3.8, 4) is 11.1 Å². The van der Waals surface area contributed by atoms with Gasteiger partial charge in [0.25, 0.3) is 5.91 Å². The molecule has 0 fully saturated rings. The Kier molecular flexibility index (Phi) is 6.41. The monoisotopic (exact) mass is 507 g/mol. The molecule has 1 aliphatic rings. The minimum absolute atomic E-state index is 0.0814. The summed E-state index contributed by atoms with van der Waals surface area (Å²) in [5.74, 6) is -0.833. The van der Waals surface area contributed by atoms with Gasteiger partial charge in [-0.3, -0.25) is 9.80 Å². The zero-order valence-corrected chi connectivity index (χ0v) is 19.6. The molecule has 3 aromatic rings. The largest absolute Gasteiger partial charge is 0.346 e. The van der Waals surface area contributed by atoms with Crippen LogP contribution >= 0.6 is 22.9 Å². The first-order chi connectivity index (χ1) is 15.6. The van der Waals surface area contributed by atoms with E-state index < -0.39 is 15.8 Å². The highest BCUT2D eigenvalue weighted by Crippen LogP contribution is 2.31. The fourth-order valence-corrected chi connectivity index (χ4v) is 5.07. The summed E-state index contributed by atoms with van der Waals surface area (Å²) < 4.78 is 39.4. The third kappa shape index (κ3) is 5.02. The smallest absolute Gasteiger partial charge is 0.261 e. The number of halogens is 2. The Hall–Kier alpha value is -2.96. The van der Waals surface area contributed by atoms with Crippen LogP contribution in [0.2, 0.25) is 4.34 Å². The average molecular weight is 508 g/mol. The lowest BCUT2D eigenvalue weighted by atomic mass is 10.0. The number of nitrogens with two attached hydrogens (primary N) is 1. The van der Waals surface area contributed by atoms with E-state index in [1.54, 1.807) is 54.8 Å². The number of primary sulfonamides is 1. The number of thiophene rings is 1. The normalized spacial score (nSPS) is 14.2. The predicted molar refractivity (Wildman–Crippen MR) is 126 cm³/mol. The van der Waals surface area contributed by atoms with E-state index in [-0.39, 0.29) is 23.0 Å². The molecule has 172 valence electrons. The van der Waals surface area contributed by atoms with Crippen LogP contribution in [-0.4, -0.2) is 33.0 Å². The van der Waals surface area contributed by atoms with Crippen LogP contribution in [0.25, 0.3) is 11.1 Å². The molecule has 0 saturated carbocycles. The quantitative estimate of drug-likeness (QED) is 0.472. The number of hydrogen-bond acceptors (Lipinski definition) is 7. The topological polar surface area (TPSA) is 108 Å².